The van der Waals surface area contributed by atoms with E-state index in [1.54, 1.807) is 38.4 Å². The lowest BCUT2D eigenvalue weighted by molar-refractivity contribution is -0.138. The zero-order chi connectivity index (χ0) is 46.8. The van der Waals surface area contributed by atoms with E-state index in [-0.39, 0.29) is 69.5 Å². The fourth-order valence-corrected chi connectivity index (χ4v) is 6.88. The molecule has 6 heterocycles. The highest BCUT2D eigenvalue weighted by Crippen LogP contribution is 2.29. The van der Waals surface area contributed by atoms with Crippen molar-refractivity contribution in [3.63, 3.8) is 0 Å². The molecule has 4 aromatic heterocycles. The summed E-state index contributed by atoms with van der Waals surface area (Å²) in [5.74, 6) is 7.35. The lowest BCUT2D eigenvalue weighted by Gasteiger charge is -2.13. The first-order chi connectivity index (χ1) is 30.9. The average Bonchev–Trinajstić information content (AvgIpc) is 4.01. The van der Waals surface area contributed by atoms with Crippen molar-refractivity contribution in [3.05, 3.63) is 95.6 Å². The van der Waals surface area contributed by atoms with Crippen LogP contribution < -0.4 is 15.2 Å². The van der Waals surface area contributed by atoms with E-state index in [0.717, 1.165) is 0 Å². The minimum Gasteiger partial charge on any atom is -0.464 e. The van der Waals surface area contributed by atoms with Crippen LogP contribution in [-0.4, -0.2) is 132 Å². The van der Waals surface area contributed by atoms with Crippen molar-refractivity contribution < 1.29 is 61.2 Å². The number of primary amides is 1. The van der Waals surface area contributed by atoms with Gasteiger partial charge in [0.05, 0.1) is 29.3 Å². The van der Waals surface area contributed by atoms with E-state index in [0.29, 0.717) is 23.9 Å². The Morgan fingerprint density at radius 2 is 1.15 bits per heavy atom. The monoisotopic (exact) mass is 897 g/mol. The van der Waals surface area contributed by atoms with Crippen molar-refractivity contribution >= 4 is 45.8 Å². The van der Waals surface area contributed by atoms with E-state index < -0.39 is 48.1 Å². The van der Waals surface area contributed by atoms with Crippen molar-refractivity contribution in [2.75, 3.05) is 34.3 Å². The number of pyridine rings is 2. The highest BCUT2D eigenvalue weighted by molar-refractivity contribution is 6.03. The number of nitrogens with two attached hydrogens (primary N) is 1. The summed E-state index contributed by atoms with van der Waals surface area (Å²) >= 11 is 0. The number of benzene rings is 2. The van der Waals surface area contributed by atoms with Crippen LogP contribution in [0.4, 0.5) is 17.6 Å². The molecule has 2 fully saturated rings. The quantitative estimate of drug-likeness (QED) is 0.114. The highest BCUT2D eigenvalue weighted by Gasteiger charge is 2.43. The van der Waals surface area contributed by atoms with Gasteiger partial charge >= 0.3 is 19.2 Å². The maximum atomic E-state index is 12.9. The number of amides is 3. The maximum absolute atomic E-state index is 12.9. The van der Waals surface area contributed by atoms with Crippen LogP contribution in [0, 0.1) is 23.7 Å². The lowest BCUT2D eigenvalue weighted by Crippen LogP contribution is -2.37. The standard InChI is InChI=1S/C22H18F2N4O5.C21H17F2N5O4/c1-27-9-7-22(31,20(27)30)6-5-13-10-14(12-15(11-13)33-21(23)24)28-18-16(4-3-8-25-18)17(26-28)19(29)32-2;1-27-8-6-21(31,19(27)30)5-4-12-9-13(11-14(10-12)32-20(22)23)28-18-15(3-2-7-25-18)16(26-28)17(24)29/h3-4,8,10-12,21,31H,7,9H2,1-2H3;2-3,7,9-11,20,31H,6,8H2,1H3,(H2,24,29)/t22-;21-/m00/s1. The van der Waals surface area contributed by atoms with Crippen molar-refractivity contribution in [2.24, 2.45) is 5.73 Å². The molecular formula is C43H35F4N9O9. The largest absolute Gasteiger partial charge is 0.464 e. The summed E-state index contributed by atoms with van der Waals surface area (Å²) in [4.78, 5) is 59.4. The molecule has 0 spiro atoms. The number of nitrogens with zero attached hydrogens (tertiary/aromatic N) is 8. The molecule has 2 aliphatic heterocycles. The average molecular weight is 898 g/mol. The van der Waals surface area contributed by atoms with Crippen LogP contribution in [-0.2, 0) is 14.3 Å². The summed E-state index contributed by atoms with van der Waals surface area (Å²) in [7, 11) is 4.30. The van der Waals surface area contributed by atoms with E-state index in [1.807, 2.05) is 0 Å². The number of carbonyl (C=O) groups excluding carboxylic acids is 4. The van der Waals surface area contributed by atoms with Crippen molar-refractivity contribution in [1.29, 1.82) is 0 Å². The molecule has 0 radical (unpaired) electrons. The van der Waals surface area contributed by atoms with Crippen LogP contribution in [0.5, 0.6) is 11.5 Å². The minimum absolute atomic E-state index is 0.0117. The zero-order valence-electron chi connectivity index (χ0n) is 34.3. The molecule has 0 saturated carbocycles. The second kappa shape index (κ2) is 18.0. The molecule has 6 aromatic rings. The van der Waals surface area contributed by atoms with Gasteiger partial charge in [-0.3, -0.25) is 14.4 Å². The third-order valence-corrected chi connectivity index (χ3v) is 10.1. The van der Waals surface area contributed by atoms with Gasteiger partial charge in [-0.05, 0) is 48.5 Å². The Hall–Kier alpha value is -8.08. The van der Waals surface area contributed by atoms with Crippen LogP contribution >= 0.6 is 0 Å². The number of aromatic nitrogens is 6. The predicted octanol–water partition coefficient (Wildman–Crippen LogP) is 2.82. The first-order valence-corrected chi connectivity index (χ1v) is 19.2. The van der Waals surface area contributed by atoms with Crippen molar-refractivity contribution in [2.45, 2.75) is 37.3 Å². The molecule has 0 aliphatic carbocycles. The number of aliphatic hydroxyl groups is 2. The van der Waals surface area contributed by atoms with Gasteiger partial charge in [-0.25, -0.2) is 24.1 Å². The molecule has 3 amide bonds. The summed E-state index contributed by atoms with van der Waals surface area (Å²) in [5.41, 5.74) is 2.93. The Morgan fingerprint density at radius 3 is 1.54 bits per heavy atom. The number of likely N-dealkylation sites (tertiary alicyclic amines) is 2. The SMILES string of the molecule is CN1CC[C@@](O)(C#Cc2cc(OC(F)F)cc(-n3nc(C(N)=O)c4cccnc43)c2)C1=O.COC(=O)c1nn(-c2cc(C#C[C@]3(O)CCN(C)C3=O)cc(OC(F)F)c2)c2ncccc12. The first kappa shape index (κ1) is 45.0. The normalized spacial score (nSPS) is 18.0. The molecular weight excluding hydrogens is 863 g/mol. The number of alkyl halides is 4. The van der Waals surface area contributed by atoms with E-state index >= 15 is 0 Å². The number of hydrogen-bond acceptors (Lipinski definition) is 13. The third kappa shape index (κ3) is 9.34. The number of rotatable bonds is 8. The van der Waals surface area contributed by atoms with Gasteiger partial charge in [0.1, 0.15) is 11.5 Å². The number of likely N-dealkylation sites (N-methyl/N-ethyl adjacent to an activating group) is 2. The van der Waals surface area contributed by atoms with E-state index in [1.165, 1.54) is 75.1 Å². The van der Waals surface area contributed by atoms with E-state index in [2.05, 4.69) is 53.3 Å². The molecule has 2 aliphatic rings. The van der Waals surface area contributed by atoms with Crippen LogP contribution in [0.1, 0.15) is 44.9 Å². The number of methoxy groups -OCH3 is 1. The third-order valence-electron chi connectivity index (χ3n) is 10.1. The molecule has 65 heavy (non-hydrogen) atoms. The molecule has 22 heteroatoms. The second-order valence-corrected chi connectivity index (χ2v) is 14.5. The van der Waals surface area contributed by atoms with Crippen molar-refractivity contribution in [1.82, 2.24) is 39.3 Å². The summed E-state index contributed by atoms with van der Waals surface area (Å²) in [6.07, 6.45) is 3.19. The molecule has 2 atom stereocenters. The molecule has 334 valence electrons. The second-order valence-electron chi connectivity index (χ2n) is 14.5. The summed E-state index contributed by atoms with van der Waals surface area (Å²) in [6.45, 7) is -5.53. The molecule has 0 unspecified atom stereocenters. The topological polar surface area (TPSA) is 230 Å². The van der Waals surface area contributed by atoms with Gasteiger partial charge in [0.2, 0.25) is 11.2 Å². The Kier molecular flexibility index (Phi) is 12.4. The van der Waals surface area contributed by atoms with Crippen LogP contribution in [0.15, 0.2) is 73.1 Å². The minimum atomic E-state index is -3.10. The van der Waals surface area contributed by atoms with E-state index in [4.69, 9.17) is 10.5 Å². The molecule has 2 saturated heterocycles. The number of esters is 1. The van der Waals surface area contributed by atoms with Gasteiger partial charge in [-0.1, -0.05) is 23.7 Å². The maximum Gasteiger partial charge on any atom is 0.387 e. The van der Waals surface area contributed by atoms with Crippen LogP contribution in [0.25, 0.3) is 33.4 Å². The van der Waals surface area contributed by atoms with Crippen molar-refractivity contribution in [3.8, 4) is 46.6 Å². The Morgan fingerprint density at radius 1 is 0.723 bits per heavy atom. The molecule has 0 bridgehead atoms. The highest BCUT2D eigenvalue weighted by atomic mass is 19.3. The number of ether oxygens (including phenoxy) is 3. The van der Waals surface area contributed by atoms with Gasteiger partial charge in [0.15, 0.2) is 22.7 Å². The fourth-order valence-electron chi connectivity index (χ4n) is 6.88. The zero-order valence-corrected chi connectivity index (χ0v) is 34.3. The lowest BCUT2D eigenvalue weighted by atomic mass is 10.0. The Balaban J connectivity index is 0.000000194. The van der Waals surface area contributed by atoms with E-state index in [9.17, 15) is 47.0 Å². The summed E-state index contributed by atoms with van der Waals surface area (Å²) in [5, 5.41) is 30.2. The van der Waals surface area contributed by atoms with Crippen LogP contribution in [0.2, 0.25) is 0 Å². The number of halogens is 4. The number of fused-ring (bicyclic) bond motifs is 2. The summed E-state index contributed by atoms with van der Waals surface area (Å²) in [6, 6.07) is 14.4. The fraction of sp³-hybridized carbons (Fsp3) is 0.256. The smallest absolute Gasteiger partial charge is 0.387 e. The summed E-state index contributed by atoms with van der Waals surface area (Å²) < 4.78 is 68.0. The Bertz CT molecular complexity index is 3010. The Labute approximate surface area is 365 Å². The number of carbonyl (C=O) groups is 4. The number of hydrogen-bond donors (Lipinski definition) is 3. The molecule has 4 N–H and O–H groups in total. The first-order valence-electron chi connectivity index (χ1n) is 19.2. The molecule has 18 nitrogen and oxygen atoms in total. The van der Waals surface area contributed by atoms with Gasteiger partial charge in [0, 0.05) is 75.7 Å². The van der Waals surface area contributed by atoms with Crippen LogP contribution in [0.3, 0.4) is 0 Å². The van der Waals surface area contributed by atoms with Gasteiger partial charge < -0.3 is 40.0 Å². The molecule has 2 aromatic carbocycles. The molecule has 8 rings (SSSR count). The van der Waals surface area contributed by atoms with Gasteiger partial charge in [-0.2, -0.15) is 27.8 Å². The predicted molar refractivity (Wildman–Crippen MR) is 219 cm³/mol. The van der Waals surface area contributed by atoms with Gasteiger partial charge in [-0.15, -0.1) is 0 Å². The van der Waals surface area contributed by atoms with Gasteiger partial charge in [0.25, 0.3) is 17.7 Å².